The molecule has 0 unspecified atom stereocenters. The molecule has 0 bridgehead atoms. The largest absolute Gasteiger partial charge is 0.497 e. The van der Waals surface area contributed by atoms with Crippen molar-refractivity contribution in [2.75, 3.05) is 19.5 Å². The number of thioether (sulfide) groups is 1. The normalized spacial score (nSPS) is 10.8. The Morgan fingerprint density at radius 3 is 2.76 bits per heavy atom. The quantitative estimate of drug-likeness (QED) is 0.393. The third kappa shape index (κ3) is 5.51. The fraction of sp³-hybridized carbons (Fsp3) is 0.333. The molecular weight excluding hydrogens is 354 g/mol. The van der Waals surface area contributed by atoms with Crippen LogP contribution in [0.2, 0.25) is 0 Å². The van der Waals surface area contributed by atoms with Crippen molar-refractivity contribution >= 4 is 23.1 Å². The molecule has 3 aromatic rings. The molecule has 5 nitrogen and oxygen atoms in total. The van der Waals surface area contributed by atoms with Gasteiger partial charge < -0.3 is 14.0 Å². The van der Waals surface area contributed by atoms with Crippen molar-refractivity contribution in [1.82, 2.24) is 14.8 Å². The molecule has 2 heterocycles. The van der Waals surface area contributed by atoms with Crippen molar-refractivity contribution in [3.63, 3.8) is 0 Å². The van der Waals surface area contributed by atoms with Gasteiger partial charge in [-0.25, -0.2) is 0 Å². The maximum absolute atomic E-state index is 5.74. The molecule has 0 aliphatic heterocycles. The Balaban J connectivity index is 1.36. The molecule has 0 atom stereocenters. The van der Waals surface area contributed by atoms with E-state index in [1.807, 2.05) is 30.6 Å². The molecule has 2 aromatic heterocycles. The number of ether oxygens (including phenoxy) is 2. The van der Waals surface area contributed by atoms with Crippen LogP contribution in [-0.4, -0.2) is 34.2 Å². The summed E-state index contributed by atoms with van der Waals surface area (Å²) in [5.74, 6) is 2.66. The number of hydrogen-bond donors (Lipinski definition) is 0. The lowest BCUT2D eigenvalue weighted by molar-refractivity contribution is 0.318. The Morgan fingerprint density at radius 2 is 2.00 bits per heavy atom. The summed E-state index contributed by atoms with van der Waals surface area (Å²) in [7, 11) is 1.66. The monoisotopic (exact) mass is 375 g/mol. The fourth-order valence-electron chi connectivity index (χ4n) is 2.28. The highest BCUT2D eigenvalue weighted by Gasteiger charge is 2.05. The number of aryl methyl sites for hydroxylation is 2. The summed E-state index contributed by atoms with van der Waals surface area (Å²) in [6.45, 7) is 1.60. The summed E-state index contributed by atoms with van der Waals surface area (Å²) in [5, 5.41) is 11.3. The van der Waals surface area contributed by atoms with Crippen LogP contribution in [0.5, 0.6) is 11.5 Å². The molecule has 0 aliphatic rings. The Kier molecular flexibility index (Phi) is 6.76. The molecule has 1 aromatic carbocycles. The summed E-state index contributed by atoms with van der Waals surface area (Å²) >= 11 is 3.51. The molecule has 0 fully saturated rings. The lowest BCUT2D eigenvalue weighted by atomic mass is 10.3. The van der Waals surface area contributed by atoms with Crippen LogP contribution in [0.3, 0.4) is 0 Å². The number of thiophene rings is 1. The van der Waals surface area contributed by atoms with Crippen molar-refractivity contribution in [3.8, 4) is 11.5 Å². The number of aromatic nitrogens is 3. The third-order valence-corrected chi connectivity index (χ3v) is 5.61. The number of nitrogens with zero attached hydrogens (tertiary/aromatic N) is 3. The lowest BCUT2D eigenvalue weighted by Crippen LogP contribution is -2.03. The van der Waals surface area contributed by atoms with Crippen molar-refractivity contribution in [2.45, 2.75) is 24.5 Å². The second kappa shape index (κ2) is 9.48. The van der Waals surface area contributed by atoms with Crippen LogP contribution in [0.1, 0.15) is 11.3 Å². The first-order valence-electron chi connectivity index (χ1n) is 8.15. The summed E-state index contributed by atoms with van der Waals surface area (Å²) in [5.41, 5.74) is 0. The van der Waals surface area contributed by atoms with Gasteiger partial charge in [0.2, 0.25) is 0 Å². The highest BCUT2D eigenvalue weighted by atomic mass is 32.2. The SMILES string of the molecule is COc1ccc(OCCCSc2nncn2CCc2cccs2)cc1. The second-order valence-electron chi connectivity index (χ2n) is 5.36. The zero-order valence-electron chi connectivity index (χ0n) is 14.1. The number of hydrogen-bond acceptors (Lipinski definition) is 6. The van der Waals surface area contributed by atoms with Gasteiger partial charge in [0.25, 0.3) is 0 Å². The fourth-order valence-corrected chi connectivity index (χ4v) is 3.83. The molecular formula is C18H21N3O2S2. The smallest absolute Gasteiger partial charge is 0.191 e. The van der Waals surface area contributed by atoms with Gasteiger partial charge in [0.15, 0.2) is 5.16 Å². The van der Waals surface area contributed by atoms with Gasteiger partial charge in [-0.3, -0.25) is 0 Å². The Bertz CT molecular complexity index is 742. The zero-order valence-corrected chi connectivity index (χ0v) is 15.8. The summed E-state index contributed by atoms with van der Waals surface area (Å²) in [4.78, 5) is 1.39. The molecule has 132 valence electrons. The van der Waals surface area contributed by atoms with Crippen molar-refractivity contribution in [2.24, 2.45) is 0 Å². The van der Waals surface area contributed by atoms with Crippen LogP contribution >= 0.6 is 23.1 Å². The van der Waals surface area contributed by atoms with Crippen molar-refractivity contribution < 1.29 is 9.47 Å². The van der Waals surface area contributed by atoms with Crippen LogP contribution in [0.15, 0.2) is 53.3 Å². The highest BCUT2D eigenvalue weighted by Crippen LogP contribution is 2.19. The number of methoxy groups -OCH3 is 1. The number of rotatable bonds is 10. The minimum atomic E-state index is 0.683. The van der Waals surface area contributed by atoms with E-state index in [1.165, 1.54) is 4.88 Å². The molecule has 0 amide bonds. The topological polar surface area (TPSA) is 49.2 Å². The average Bonchev–Trinajstić information content (AvgIpc) is 3.32. The summed E-state index contributed by atoms with van der Waals surface area (Å²) < 4.78 is 13.0. The highest BCUT2D eigenvalue weighted by molar-refractivity contribution is 7.99. The minimum absolute atomic E-state index is 0.683. The van der Waals surface area contributed by atoms with Gasteiger partial charge in [-0.2, -0.15) is 0 Å². The maximum atomic E-state index is 5.74. The Hall–Kier alpha value is -1.99. The molecule has 0 spiro atoms. The minimum Gasteiger partial charge on any atom is -0.497 e. The standard InChI is InChI=1S/C18H21N3O2S2/c1-22-15-5-7-16(8-6-15)23-11-3-13-25-18-20-19-14-21(18)10-9-17-4-2-12-24-17/h2,4-8,12,14H,3,9-11,13H2,1H3. The van der Waals surface area contributed by atoms with E-state index in [1.54, 1.807) is 30.2 Å². The van der Waals surface area contributed by atoms with Crippen LogP contribution in [0.4, 0.5) is 0 Å². The predicted molar refractivity (Wildman–Crippen MR) is 102 cm³/mol. The van der Waals surface area contributed by atoms with E-state index in [4.69, 9.17) is 9.47 Å². The van der Waals surface area contributed by atoms with Gasteiger partial charge in [-0.1, -0.05) is 17.8 Å². The lowest BCUT2D eigenvalue weighted by Gasteiger charge is -2.07. The molecule has 0 saturated heterocycles. The Morgan fingerprint density at radius 1 is 1.16 bits per heavy atom. The first-order valence-corrected chi connectivity index (χ1v) is 10.0. The summed E-state index contributed by atoms with van der Waals surface area (Å²) in [6.07, 6.45) is 3.78. The van der Waals surface area contributed by atoms with E-state index in [0.29, 0.717) is 6.61 Å². The van der Waals surface area contributed by atoms with Crippen LogP contribution in [-0.2, 0) is 13.0 Å². The van der Waals surface area contributed by atoms with E-state index in [0.717, 1.165) is 41.8 Å². The van der Waals surface area contributed by atoms with Crippen LogP contribution in [0.25, 0.3) is 0 Å². The van der Waals surface area contributed by atoms with Gasteiger partial charge in [0.1, 0.15) is 17.8 Å². The van der Waals surface area contributed by atoms with Gasteiger partial charge in [-0.15, -0.1) is 21.5 Å². The molecule has 0 N–H and O–H groups in total. The molecule has 7 heteroatoms. The van der Waals surface area contributed by atoms with Gasteiger partial charge in [-0.05, 0) is 48.6 Å². The van der Waals surface area contributed by atoms with Gasteiger partial charge >= 0.3 is 0 Å². The van der Waals surface area contributed by atoms with E-state index in [9.17, 15) is 0 Å². The molecule has 25 heavy (non-hydrogen) atoms. The van der Waals surface area contributed by atoms with Crippen molar-refractivity contribution in [3.05, 3.63) is 53.0 Å². The van der Waals surface area contributed by atoms with Crippen LogP contribution < -0.4 is 9.47 Å². The van der Waals surface area contributed by atoms with Gasteiger partial charge in [0, 0.05) is 17.2 Å². The first kappa shape index (κ1) is 17.8. The van der Waals surface area contributed by atoms with E-state index in [2.05, 4.69) is 32.3 Å². The second-order valence-corrected chi connectivity index (χ2v) is 7.46. The molecule has 3 rings (SSSR count). The van der Waals surface area contributed by atoms with Gasteiger partial charge in [0.05, 0.1) is 13.7 Å². The maximum Gasteiger partial charge on any atom is 0.191 e. The third-order valence-electron chi connectivity index (χ3n) is 3.61. The molecule has 0 aliphatic carbocycles. The number of benzene rings is 1. The molecule has 0 saturated carbocycles. The van der Waals surface area contributed by atoms with Crippen LogP contribution in [0, 0.1) is 0 Å². The predicted octanol–water partition coefficient (Wildman–Crippen LogP) is 4.15. The average molecular weight is 376 g/mol. The summed E-state index contributed by atoms with van der Waals surface area (Å²) in [6, 6.07) is 11.9. The zero-order chi connectivity index (χ0) is 17.3. The van der Waals surface area contributed by atoms with E-state index >= 15 is 0 Å². The van der Waals surface area contributed by atoms with Crippen molar-refractivity contribution in [1.29, 1.82) is 0 Å². The van der Waals surface area contributed by atoms with E-state index in [-0.39, 0.29) is 0 Å². The van der Waals surface area contributed by atoms with E-state index < -0.39 is 0 Å². The Labute approximate surface area is 156 Å². The molecule has 0 radical (unpaired) electrons. The first-order chi connectivity index (χ1) is 12.3.